The zero-order valence-electron chi connectivity index (χ0n) is 9.21. The van der Waals surface area contributed by atoms with Crippen molar-refractivity contribution in [3.63, 3.8) is 0 Å². The summed E-state index contributed by atoms with van der Waals surface area (Å²) in [5.74, 6) is -2.35. The molecule has 1 N–H and O–H groups in total. The number of carbonyl (C=O) groups excluding carboxylic acids is 1. The SMILES string of the molecule is CN(CCCO)C(=O)c1cc(F)c(Cl)cc1F. The largest absolute Gasteiger partial charge is 0.396 e. The summed E-state index contributed by atoms with van der Waals surface area (Å²) in [6.45, 7) is 0.189. The van der Waals surface area contributed by atoms with Crippen LogP contribution in [0.5, 0.6) is 0 Å². The zero-order chi connectivity index (χ0) is 13.0. The second-order valence-corrected chi connectivity index (χ2v) is 3.96. The number of amides is 1. The first-order valence-electron chi connectivity index (χ1n) is 4.98. The molecule has 0 aliphatic carbocycles. The number of aliphatic hydroxyl groups is 1. The monoisotopic (exact) mass is 263 g/mol. The predicted molar refractivity (Wildman–Crippen MR) is 60.0 cm³/mol. The first-order valence-corrected chi connectivity index (χ1v) is 5.36. The van der Waals surface area contributed by atoms with E-state index in [-0.39, 0.29) is 23.7 Å². The second-order valence-electron chi connectivity index (χ2n) is 3.55. The van der Waals surface area contributed by atoms with Gasteiger partial charge in [-0.2, -0.15) is 0 Å². The average Bonchev–Trinajstić information content (AvgIpc) is 2.29. The fraction of sp³-hybridized carbons (Fsp3) is 0.364. The van der Waals surface area contributed by atoms with Gasteiger partial charge in [-0.25, -0.2) is 8.78 Å². The topological polar surface area (TPSA) is 40.5 Å². The van der Waals surface area contributed by atoms with Crippen LogP contribution in [0.15, 0.2) is 12.1 Å². The van der Waals surface area contributed by atoms with Crippen molar-refractivity contribution in [3.05, 3.63) is 34.4 Å². The number of nitrogens with zero attached hydrogens (tertiary/aromatic N) is 1. The number of rotatable bonds is 4. The number of benzene rings is 1. The van der Waals surface area contributed by atoms with Gasteiger partial charge in [0.25, 0.3) is 5.91 Å². The lowest BCUT2D eigenvalue weighted by molar-refractivity contribution is 0.0781. The Morgan fingerprint density at radius 2 is 2.06 bits per heavy atom. The van der Waals surface area contributed by atoms with Crippen LogP contribution in [0.1, 0.15) is 16.8 Å². The minimum absolute atomic E-state index is 0.0743. The first kappa shape index (κ1) is 13.9. The van der Waals surface area contributed by atoms with Gasteiger partial charge >= 0.3 is 0 Å². The van der Waals surface area contributed by atoms with E-state index < -0.39 is 17.5 Å². The third kappa shape index (κ3) is 3.38. The molecule has 0 saturated carbocycles. The van der Waals surface area contributed by atoms with Gasteiger partial charge in [-0.1, -0.05) is 11.6 Å². The zero-order valence-corrected chi connectivity index (χ0v) is 9.97. The summed E-state index contributed by atoms with van der Waals surface area (Å²) >= 11 is 5.38. The van der Waals surface area contributed by atoms with Gasteiger partial charge in [0.05, 0.1) is 10.6 Å². The Morgan fingerprint density at radius 1 is 1.41 bits per heavy atom. The molecule has 0 bridgehead atoms. The van der Waals surface area contributed by atoms with Crippen molar-refractivity contribution in [3.8, 4) is 0 Å². The molecular weight excluding hydrogens is 252 g/mol. The Hall–Kier alpha value is -1.20. The summed E-state index contributed by atoms with van der Waals surface area (Å²) in [5.41, 5.74) is -0.368. The van der Waals surface area contributed by atoms with Crippen LogP contribution in [0.3, 0.4) is 0 Å². The van der Waals surface area contributed by atoms with Crippen LogP contribution in [0, 0.1) is 11.6 Å². The molecule has 0 radical (unpaired) electrons. The van der Waals surface area contributed by atoms with E-state index in [1.54, 1.807) is 0 Å². The molecule has 3 nitrogen and oxygen atoms in total. The van der Waals surface area contributed by atoms with E-state index >= 15 is 0 Å². The highest BCUT2D eigenvalue weighted by Crippen LogP contribution is 2.20. The number of hydrogen-bond donors (Lipinski definition) is 1. The highest BCUT2D eigenvalue weighted by Gasteiger charge is 2.18. The lowest BCUT2D eigenvalue weighted by atomic mass is 10.1. The van der Waals surface area contributed by atoms with Crippen molar-refractivity contribution in [1.82, 2.24) is 4.90 Å². The normalized spacial score (nSPS) is 10.4. The Bertz CT molecular complexity index is 426. The average molecular weight is 264 g/mol. The van der Waals surface area contributed by atoms with Crippen LogP contribution in [0.2, 0.25) is 5.02 Å². The van der Waals surface area contributed by atoms with Crippen molar-refractivity contribution in [2.24, 2.45) is 0 Å². The van der Waals surface area contributed by atoms with Crippen LogP contribution in [0.4, 0.5) is 8.78 Å². The van der Waals surface area contributed by atoms with Gasteiger partial charge in [-0.3, -0.25) is 4.79 Å². The predicted octanol–water partition coefficient (Wildman–Crippen LogP) is 2.07. The van der Waals surface area contributed by atoms with Crippen LogP contribution in [-0.4, -0.2) is 36.1 Å². The van der Waals surface area contributed by atoms with E-state index in [2.05, 4.69) is 0 Å². The maximum absolute atomic E-state index is 13.4. The standard InChI is InChI=1S/C11H12ClF2NO2/c1-15(3-2-4-16)11(17)7-5-10(14)8(12)6-9(7)13/h5-6,16H,2-4H2,1H3. The summed E-state index contributed by atoms with van der Waals surface area (Å²) in [4.78, 5) is 12.9. The second kappa shape index (κ2) is 5.93. The Labute approximate surface area is 103 Å². The molecule has 17 heavy (non-hydrogen) atoms. The van der Waals surface area contributed by atoms with E-state index in [1.807, 2.05) is 0 Å². The summed E-state index contributed by atoms with van der Waals surface area (Å²) in [6, 6.07) is 1.54. The van der Waals surface area contributed by atoms with Gasteiger partial charge in [0, 0.05) is 20.2 Å². The van der Waals surface area contributed by atoms with Gasteiger partial charge in [0.1, 0.15) is 11.6 Å². The molecule has 0 unspecified atom stereocenters. The fourth-order valence-corrected chi connectivity index (χ4v) is 1.45. The minimum Gasteiger partial charge on any atom is -0.396 e. The van der Waals surface area contributed by atoms with E-state index in [4.69, 9.17) is 16.7 Å². The molecule has 0 saturated heterocycles. The van der Waals surface area contributed by atoms with Crippen molar-refractivity contribution in [2.45, 2.75) is 6.42 Å². The number of carbonyl (C=O) groups is 1. The van der Waals surface area contributed by atoms with Crippen molar-refractivity contribution >= 4 is 17.5 Å². The van der Waals surface area contributed by atoms with Gasteiger partial charge in [0.2, 0.25) is 0 Å². The maximum atomic E-state index is 13.4. The molecule has 0 heterocycles. The molecule has 0 spiro atoms. The maximum Gasteiger partial charge on any atom is 0.256 e. The third-order valence-corrected chi connectivity index (χ3v) is 2.53. The molecule has 0 fully saturated rings. The summed E-state index contributed by atoms with van der Waals surface area (Å²) < 4.78 is 26.5. The smallest absolute Gasteiger partial charge is 0.256 e. The fourth-order valence-electron chi connectivity index (χ4n) is 1.30. The molecule has 0 aromatic heterocycles. The molecule has 0 aliphatic heterocycles. The number of halogens is 3. The lowest BCUT2D eigenvalue weighted by Gasteiger charge is -2.17. The van der Waals surface area contributed by atoms with Crippen LogP contribution < -0.4 is 0 Å². The summed E-state index contributed by atoms with van der Waals surface area (Å²) in [7, 11) is 1.45. The highest BCUT2D eigenvalue weighted by atomic mass is 35.5. The van der Waals surface area contributed by atoms with E-state index in [1.165, 1.54) is 11.9 Å². The highest BCUT2D eigenvalue weighted by molar-refractivity contribution is 6.30. The Morgan fingerprint density at radius 3 is 2.65 bits per heavy atom. The van der Waals surface area contributed by atoms with E-state index in [0.29, 0.717) is 6.42 Å². The van der Waals surface area contributed by atoms with Gasteiger partial charge in [-0.05, 0) is 18.6 Å². The summed E-state index contributed by atoms with van der Waals surface area (Å²) in [5, 5.41) is 8.25. The van der Waals surface area contributed by atoms with E-state index in [0.717, 1.165) is 12.1 Å². The molecule has 0 atom stereocenters. The van der Waals surface area contributed by atoms with Crippen LogP contribution in [0.25, 0.3) is 0 Å². The molecule has 94 valence electrons. The quantitative estimate of drug-likeness (QED) is 0.845. The molecule has 0 aliphatic rings. The Balaban J connectivity index is 2.92. The third-order valence-electron chi connectivity index (χ3n) is 2.24. The molecular formula is C11H12ClF2NO2. The minimum atomic E-state index is -0.864. The molecule has 6 heteroatoms. The van der Waals surface area contributed by atoms with Gasteiger partial charge in [-0.15, -0.1) is 0 Å². The Kier molecular flexibility index (Phi) is 4.84. The van der Waals surface area contributed by atoms with E-state index in [9.17, 15) is 13.6 Å². The molecule has 1 aromatic rings. The van der Waals surface area contributed by atoms with Crippen molar-refractivity contribution in [1.29, 1.82) is 0 Å². The van der Waals surface area contributed by atoms with Gasteiger partial charge in [0.15, 0.2) is 0 Å². The summed E-state index contributed by atoms with van der Waals surface area (Å²) in [6.07, 6.45) is 0.375. The molecule has 1 amide bonds. The van der Waals surface area contributed by atoms with Crippen LogP contribution in [-0.2, 0) is 0 Å². The van der Waals surface area contributed by atoms with Gasteiger partial charge < -0.3 is 10.0 Å². The van der Waals surface area contributed by atoms with Crippen molar-refractivity contribution in [2.75, 3.05) is 20.2 Å². The van der Waals surface area contributed by atoms with Crippen molar-refractivity contribution < 1.29 is 18.7 Å². The lowest BCUT2D eigenvalue weighted by Crippen LogP contribution is -2.29. The molecule has 1 aromatic carbocycles. The van der Waals surface area contributed by atoms with Crippen LogP contribution >= 0.6 is 11.6 Å². The number of hydrogen-bond acceptors (Lipinski definition) is 2. The molecule has 1 rings (SSSR count). The number of aliphatic hydroxyl groups excluding tert-OH is 1. The first-order chi connectivity index (χ1) is 7.97.